The molecule has 1 amide bonds. The number of hydrogen-bond acceptors (Lipinski definition) is 3. The van der Waals surface area contributed by atoms with E-state index in [-0.39, 0.29) is 23.9 Å². The van der Waals surface area contributed by atoms with E-state index in [0.717, 1.165) is 37.4 Å². The molecule has 5 heteroatoms. The van der Waals surface area contributed by atoms with Crippen molar-refractivity contribution in [2.75, 3.05) is 26.2 Å². The van der Waals surface area contributed by atoms with E-state index in [1.165, 1.54) is 38.5 Å². The number of rotatable bonds is 3. The number of carbonyl (C=O) groups is 1. The van der Waals surface area contributed by atoms with Gasteiger partial charge in [0, 0.05) is 31.2 Å². The Kier molecular flexibility index (Phi) is 4.73. The molecular formula is C17H30ClN3O. The van der Waals surface area contributed by atoms with Gasteiger partial charge in [0.15, 0.2) is 0 Å². The van der Waals surface area contributed by atoms with Gasteiger partial charge in [0.1, 0.15) is 0 Å². The average molecular weight is 328 g/mol. The van der Waals surface area contributed by atoms with E-state index in [0.29, 0.717) is 12.6 Å². The molecular weight excluding hydrogens is 298 g/mol. The molecule has 4 saturated carbocycles. The zero-order chi connectivity index (χ0) is 14.4. The topological polar surface area (TPSA) is 44.4 Å². The fourth-order valence-corrected chi connectivity index (χ4v) is 5.90. The maximum atomic E-state index is 12.6. The third-order valence-corrected chi connectivity index (χ3v) is 6.43. The molecule has 1 aliphatic heterocycles. The summed E-state index contributed by atoms with van der Waals surface area (Å²) in [4.78, 5) is 14.9. The van der Waals surface area contributed by atoms with Crippen LogP contribution in [0.2, 0.25) is 0 Å². The van der Waals surface area contributed by atoms with Crippen molar-refractivity contribution >= 4 is 18.3 Å². The van der Waals surface area contributed by atoms with Crippen molar-refractivity contribution < 1.29 is 4.79 Å². The number of nitrogens with zero attached hydrogens (tertiary/aromatic N) is 1. The second-order valence-corrected chi connectivity index (χ2v) is 8.27. The summed E-state index contributed by atoms with van der Waals surface area (Å²) in [6.45, 7) is 5.81. The van der Waals surface area contributed by atoms with Gasteiger partial charge in [-0.25, -0.2) is 0 Å². The summed E-state index contributed by atoms with van der Waals surface area (Å²) >= 11 is 0. The molecule has 4 aliphatic carbocycles. The van der Waals surface area contributed by atoms with E-state index in [2.05, 4.69) is 22.5 Å². The van der Waals surface area contributed by atoms with E-state index in [9.17, 15) is 4.79 Å². The Morgan fingerprint density at radius 1 is 1.18 bits per heavy atom. The van der Waals surface area contributed by atoms with Crippen LogP contribution < -0.4 is 10.6 Å². The first-order valence-electron chi connectivity index (χ1n) is 8.88. The van der Waals surface area contributed by atoms with E-state index >= 15 is 0 Å². The van der Waals surface area contributed by atoms with Gasteiger partial charge in [0.2, 0.25) is 5.91 Å². The van der Waals surface area contributed by atoms with Gasteiger partial charge in [-0.3, -0.25) is 9.69 Å². The quantitative estimate of drug-likeness (QED) is 0.830. The molecule has 0 spiro atoms. The number of hydrogen-bond donors (Lipinski definition) is 2. The minimum Gasteiger partial charge on any atom is -0.350 e. The third kappa shape index (κ3) is 3.15. The van der Waals surface area contributed by atoms with Crippen molar-refractivity contribution in [3.05, 3.63) is 0 Å². The predicted octanol–water partition coefficient (Wildman–Crippen LogP) is 1.79. The summed E-state index contributed by atoms with van der Waals surface area (Å²) in [5.74, 6) is 2.96. The summed E-state index contributed by atoms with van der Waals surface area (Å²) in [5.41, 5.74) is 0.170. The first kappa shape index (κ1) is 16.5. The maximum Gasteiger partial charge on any atom is 0.234 e. The molecule has 5 fully saturated rings. The lowest BCUT2D eigenvalue weighted by atomic mass is 9.53. The lowest BCUT2D eigenvalue weighted by Gasteiger charge is -2.57. The van der Waals surface area contributed by atoms with Crippen LogP contribution in [0.25, 0.3) is 0 Å². The minimum absolute atomic E-state index is 0. The van der Waals surface area contributed by atoms with Gasteiger partial charge in [0.05, 0.1) is 6.54 Å². The number of nitrogens with one attached hydrogen (secondary N) is 2. The maximum absolute atomic E-state index is 12.6. The fraction of sp³-hybridized carbons (Fsp3) is 0.941. The van der Waals surface area contributed by atoms with Gasteiger partial charge in [-0.1, -0.05) is 0 Å². The molecule has 0 aromatic carbocycles. The van der Waals surface area contributed by atoms with Gasteiger partial charge in [-0.2, -0.15) is 0 Å². The molecule has 2 N–H and O–H groups in total. The van der Waals surface area contributed by atoms with Gasteiger partial charge in [-0.05, 0) is 63.2 Å². The fourth-order valence-electron chi connectivity index (χ4n) is 5.90. The van der Waals surface area contributed by atoms with Gasteiger partial charge >= 0.3 is 0 Å². The number of amides is 1. The molecule has 0 radical (unpaired) electrons. The van der Waals surface area contributed by atoms with E-state index in [4.69, 9.17) is 0 Å². The summed E-state index contributed by atoms with van der Waals surface area (Å²) < 4.78 is 0. The van der Waals surface area contributed by atoms with Crippen LogP contribution in [-0.4, -0.2) is 48.6 Å². The van der Waals surface area contributed by atoms with Crippen LogP contribution in [-0.2, 0) is 4.79 Å². The summed E-state index contributed by atoms with van der Waals surface area (Å²) in [6.07, 6.45) is 8.06. The van der Waals surface area contributed by atoms with Crippen molar-refractivity contribution in [2.45, 2.75) is 57.0 Å². The molecule has 1 saturated heterocycles. The van der Waals surface area contributed by atoms with Crippen LogP contribution in [0, 0.1) is 17.8 Å². The number of halogens is 1. The average Bonchev–Trinajstić information content (AvgIpc) is 2.39. The molecule has 0 aromatic heterocycles. The Morgan fingerprint density at radius 2 is 1.77 bits per heavy atom. The lowest BCUT2D eigenvalue weighted by Crippen LogP contribution is -2.62. The van der Waals surface area contributed by atoms with Crippen molar-refractivity contribution in [3.63, 3.8) is 0 Å². The van der Waals surface area contributed by atoms with E-state index < -0.39 is 0 Å². The molecule has 22 heavy (non-hydrogen) atoms. The largest absolute Gasteiger partial charge is 0.350 e. The van der Waals surface area contributed by atoms with Crippen LogP contribution in [0.1, 0.15) is 45.4 Å². The third-order valence-electron chi connectivity index (χ3n) is 6.43. The van der Waals surface area contributed by atoms with E-state index in [1.54, 1.807) is 0 Å². The van der Waals surface area contributed by atoms with Crippen LogP contribution in [0.15, 0.2) is 0 Å². The molecule has 4 bridgehead atoms. The summed E-state index contributed by atoms with van der Waals surface area (Å²) in [7, 11) is 0. The Bertz CT molecular complexity index is 393. The summed E-state index contributed by atoms with van der Waals surface area (Å²) in [5, 5.41) is 6.88. The van der Waals surface area contributed by atoms with Crippen LogP contribution in [0.4, 0.5) is 0 Å². The monoisotopic (exact) mass is 327 g/mol. The van der Waals surface area contributed by atoms with Crippen molar-refractivity contribution in [3.8, 4) is 0 Å². The smallest absolute Gasteiger partial charge is 0.234 e. The van der Waals surface area contributed by atoms with Gasteiger partial charge in [-0.15, -0.1) is 12.4 Å². The number of piperazine rings is 1. The van der Waals surface area contributed by atoms with Gasteiger partial charge < -0.3 is 10.6 Å². The molecule has 5 aliphatic rings. The SMILES string of the molecule is C[C@@H]1CNCCN1CC(=O)NC12CC3CC(CC(C3)C1)C2.Cl. The zero-order valence-corrected chi connectivity index (χ0v) is 14.5. The normalized spacial score (nSPS) is 43.7. The van der Waals surface area contributed by atoms with Crippen LogP contribution in [0.5, 0.6) is 0 Å². The lowest BCUT2D eigenvalue weighted by molar-refractivity contribution is -0.128. The highest BCUT2D eigenvalue weighted by Crippen LogP contribution is 2.55. The highest BCUT2D eigenvalue weighted by Gasteiger charge is 2.51. The van der Waals surface area contributed by atoms with Crippen molar-refractivity contribution in [1.29, 1.82) is 0 Å². The minimum atomic E-state index is 0. The zero-order valence-electron chi connectivity index (χ0n) is 13.6. The first-order valence-corrected chi connectivity index (χ1v) is 8.88. The molecule has 4 nitrogen and oxygen atoms in total. The Labute approximate surface area is 140 Å². The highest BCUT2D eigenvalue weighted by molar-refractivity contribution is 5.85. The second-order valence-electron chi connectivity index (χ2n) is 8.27. The molecule has 5 rings (SSSR count). The van der Waals surface area contributed by atoms with Gasteiger partial charge in [0.25, 0.3) is 0 Å². The molecule has 126 valence electrons. The summed E-state index contributed by atoms with van der Waals surface area (Å²) in [6, 6.07) is 0.473. The molecule has 0 aromatic rings. The Hall–Kier alpha value is -0.320. The second kappa shape index (κ2) is 6.29. The number of carbonyl (C=O) groups excluding carboxylic acids is 1. The molecule has 0 unspecified atom stereocenters. The highest BCUT2D eigenvalue weighted by atomic mass is 35.5. The standard InChI is InChI=1S/C17H29N3O.ClH/c1-12-10-18-2-3-20(12)11-16(21)19-17-7-13-4-14(8-17)6-15(5-13)9-17;/h12-15,18H,2-11H2,1H3,(H,19,21);1H/t12-,13?,14?,15?,17?;/m1./s1. The molecule has 1 heterocycles. The Balaban J connectivity index is 0.00000144. The predicted molar refractivity (Wildman–Crippen MR) is 90.2 cm³/mol. The van der Waals surface area contributed by atoms with E-state index in [1.807, 2.05) is 0 Å². The van der Waals surface area contributed by atoms with Crippen molar-refractivity contribution in [2.24, 2.45) is 17.8 Å². The van der Waals surface area contributed by atoms with Crippen LogP contribution >= 0.6 is 12.4 Å². The van der Waals surface area contributed by atoms with Crippen molar-refractivity contribution in [1.82, 2.24) is 15.5 Å². The molecule has 1 atom stereocenters. The first-order chi connectivity index (χ1) is 10.1. The Morgan fingerprint density at radius 3 is 2.32 bits per heavy atom. The van der Waals surface area contributed by atoms with Crippen LogP contribution in [0.3, 0.4) is 0 Å².